The van der Waals surface area contributed by atoms with Gasteiger partial charge < -0.3 is 24.0 Å². The van der Waals surface area contributed by atoms with Crippen LogP contribution in [-0.2, 0) is 0 Å². The number of unbranched alkanes of at least 4 members (excludes halogenated alkanes) is 20. The molecule has 0 amide bonds. The molecule has 0 spiro atoms. The van der Waals surface area contributed by atoms with Crippen LogP contribution < -0.4 is 42.7 Å². The molecule has 0 bridgehead atoms. The molecule has 72 heavy (non-hydrogen) atoms. The quantitative estimate of drug-likeness (QED) is 0.0256. The van der Waals surface area contributed by atoms with Crippen LogP contribution in [0, 0.1) is 27.7 Å². The molecule has 0 radical (unpaired) electrons. The number of para-hydroxylation sites is 4. The predicted molar refractivity (Wildman–Crippen MR) is 379 cm³/mol. The van der Waals surface area contributed by atoms with Gasteiger partial charge in [-0.25, -0.2) is 0 Å². The third-order valence-electron chi connectivity index (χ3n) is 13.8. The van der Waals surface area contributed by atoms with E-state index in [1.54, 1.807) is 0 Å². The van der Waals surface area contributed by atoms with Crippen LogP contribution in [0.1, 0.15) is 204 Å². The fourth-order valence-electron chi connectivity index (χ4n) is 9.96. The Labute approximate surface area is 532 Å². The maximum absolute atomic E-state index is 3.07. The lowest BCUT2D eigenvalue weighted by molar-refractivity contribution is -0.0000142. The van der Waals surface area contributed by atoms with Crippen LogP contribution >= 0.6 is 120 Å². The SMILES string of the molecule is CCCCCCCCN(c1ccccc1C)[P+](N(CCCCCCCC)c1ccccc1C)(N(CCCCCCCC)c1ccccc1C)N(CCCCCCCC)c1ccccc1C.II.II.II.[I-]. The second kappa shape index (κ2) is 48.5. The summed E-state index contributed by atoms with van der Waals surface area (Å²) in [7, 11) is -2.84. The molecule has 0 fully saturated rings. The number of nitrogens with zero attached hydrogens (tertiary/aromatic N) is 4. The van der Waals surface area contributed by atoms with E-state index in [9.17, 15) is 0 Å². The summed E-state index contributed by atoms with van der Waals surface area (Å²) in [6, 6.07) is 37.9. The number of hydrogen-bond acceptors (Lipinski definition) is 4. The summed E-state index contributed by atoms with van der Waals surface area (Å²) in [6.07, 6.45) is 30.7. The van der Waals surface area contributed by atoms with Gasteiger partial charge in [-0.15, -0.1) is 0 Å². The Bertz CT molecular complexity index is 1600. The molecule has 12 heteroatoms. The first-order valence-electron chi connectivity index (χ1n) is 27.5. The minimum absolute atomic E-state index is 0. The molecule has 4 rings (SSSR count). The Kier molecular flexibility index (Phi) is 49.6. The molecule has 0 aliphatic carbocycles. The molecule has 0 saturated heterocycles. The smallest absolute Gasteiger partial charge is 0.405 e. The van der Waals surface area contributed by atoms with Gasteiger partial charge in [-0.2, -0.15) is 18.7 Å². The third-order valence-corrected chi connectivity index (χ3v) is 18.0. The first-order valence-corrected chi connectivity index (χ1v) is 48.0. The molecule has 4 aromatic carbocycles. The van der Waals surface area contributed by atoms with E-state index >= 15 is 0 Å². The lowest BCUT2D eigenvalue weighted by atomic mass is 10.1. The minimum Gasteiger partial charge on any atom is -1.00 e. The largest absolute Gasteiger partial charge is 1.00 e. The van der Waals surface area contributed by atoms with Crippen molar-refractivity contribution in [3.05, 3.63) is 119 Å². The van der Waals surface area contributed by atoms with E-state index in [0.29, 0.717) is 0 Å². The number of anilines is 4. The predicted octanol–water partition coefficient (Wildman–Crippen LogP) is 21.7. The van der Waals surface area contributed by atoms with Crippen LogP contribution in [0.2, 0.25) is 0 Å². The molecule has 0 N–H and O–H groups in total. The van der Waals surface area contributed by atoms with E-state index in [-0.39, 0.29) is 24.0 Å². The van der Waals surface area contributed by atoms with Crippen molar-refractivity contribution in [2.75, 3.05) is 44.9 Å². The van der Waals surface area contributed by atoms with Crippen LogP contribution in [-0.4, -0.2) is 26.2 Å². The van der Waals surface area contributed by atoms with Crippen molar-refractivity contribution in [1.29, 1.82) is 0 Å². The van der Waals surface area contributed by atoms with Gasteiger partial charge >= 0.3 is 7.87 Å². The lowest BCUT2D eigenvalue weighted by Crippen LogP contribution is -3.00. The molecule has 4 aromatic rings. The second-order valence-electron chi connectivity index (χ2n) is 19.2. The zero-order valence-corrected chi connectivity index (χ0v) is 61.9. The van der Waals surface area contributed by atoms with E-state index in [4.69, 9.17) is 0 Å². The van der Waals surface area contributed by atoms with Crippen LogP contribution in [0.25, 0.3) is 0 Å². The van der Waals surface area contributed by atoms with Gasteiger partial charge in [-0.3, -0.25) is 0 Å². The van der Waals surface area contributed by atoms with Crippen molar-refractivity contribution in [2.24, 2.45) is 0 Å². The number of benzene rings is 4. The Morgan fingerprint density at radius 3 is 0.625 bits per heavy atom. The summed E-state index contributed by atoms with van der Waals surface area (Å²) >= 11 is 12.7. The fourth-order valence-corrected chi connectivity index (χ4v) is 15.2. The van der Waals surface area contributed by atoms with Crippen LogP contribution in [0.4, 0.5) is 22.7 Å². The maximum Gasteiger partial charge on any atom is 0.405 e. The highest BCUT2D eigenvalue weighted by Crippen LogP contribution is 2.74. The molecular weight excluding hydrogens is 1700 g/mol. The van der Waals surface area contributed by atoms with E-state index in [0.717, 1.165) is 26.2 Å². The molecule has 0 heterocycles. The first-order chi connectivity index (χ1) is 34.9. The van der Waals surface area contributed by atoms with Crippen LogP contribution in [0.3, 0.4) is 0 Å². The van der Waals surface area contributed by atoms with Gasteiger partial charge in [0.15, 0.2) is 0 Å². The molecule has 4 nitrogen and oxygen atoms in total. The number of aryl methyl sites for hydroxylation is 4. The van der Waals surface area contributed by atoms with Gasteiger partial charge in [0.1, 0.15) is 0 Å². The fraction of sp³-hybridized carbons (Fsp3) is 0.600. The van der Waals surface area contributed by atoms with Crippen molar-refractivity contribution < 1.29 is 24.0 Å². The Morgan fingerprint density at radius 2 is 0.444 bits per heavy atom. The highest BCUT2D eigenvalue weighted by Gasteiger charge is 2.64. The van der Waals surface area contributed by atoms with Gasteiger partial charge in [-0.05, 0) is 99.9 Å². The average molecular weight is 1790 g/mol. The van der Waals surface area contributed by atoms with Gasteiger partial charge in [0.05, 0.1) is 48.9 Å². The number of halogens is 7. The highest BCUT2D eigenvalue weighted by atomic mass is 128. The van der Waals surface area contributed by atoms with Crippen molar-refractivity contribution in [2.45, 2.75) is 209 Å². The topological polar surface area (TPSA) is 13.0 Å². The summed E-state index contributed by atoms with van der Waals surface area (Å²) in [5.41, 5.74) is 11.1. The molecule has 0 unspecified atom stereocenters. The molecule has 0 saturated carbocycles. The van der Waals surface area contributed by atoms with E-state index in [1.807, 2.05) is 0 Å². The number of rotatable bonds is 36. The normalized spacial score (nSPS) is 10.7. The second-order valence-corrected chi connectivity index (χ2v) is 22.3. The van der Waals surface area contributed by atoms with E-state index in [2.05, 4.69) is 283 Å². The summed E-state index contributed by atoms with van der Waals surface area (Å²) in [5, 5.41) is 0. The molecule has 0 atom stereocenters. The van der Waals surface area contributed by atoms with Gasteiger partial charge in [-0.1, -0.05) is 229 Å². The van der Waals surface area contributed by atoms with Crippen molar-refractivity contribution in [1.82, 2.24) is 0 Å². The van der Waals surface area contributed by atoms with Crippen molar-refractivity contribution in [3.8, 4) is 0 Å². The molecule has 0 aliphatic heterocycles. The lowest BCUT2D eigenvalue weighted by Gasteiger charge is -2.54. The molecule has 0 aliphatic rings. The van der Waals surface area contributed by atoms with Gasteiger partial charge in [0.2, 0.25) is 0 Å². The van der Waals surface area contributed by atoms with Crippen LogP contribution in [0.15, 0.2) is 97.1 Å². The molecule has 410 valence electrons. The Hall–Kier alpha value is 1.62. The van der Waals surface area contributed by atoms with Gasteiger partial charge in [0, 0.05) is 112 Å². The average Bonchev–Trinajstić information content (AvgIpc) is 3.40. The van der Waals surface area contributed by atoms with Crippen molar-refractivity contribution >= 4 is 142 Å². The first kappa shape index (κ1) is 73.6. The Balaban J connectivity index is 0.00000693. The van der Waals surface area contributed by atoms with Crippen LogP contribution in [0.5, 0.6) is 0 Å². The standard InChI is InChI=1S/C60H96N4P.3I2.HI/c1-9-13-17-21-25-37-49-61(57-45-33-29-41-53(57)5)65(62(50-38-26-22-18-14-10-2)58-46-34-30-42-54(58)6,63(51-39-27-23-19-15-11-3)59-47-35-31-43-55(59)7)64(52-40-28-24-20-16-12-4)60-48-36-32-44-56(60)8;3*1-2;/h29-36,41-48H,9-28,37-40,49-52H2,1-8H3;;;;1H/q+1;;;;/p-1. The molecular formula is C60H96I7N4P. The minimum atomic E-state index is -2.84. The zero-order chi connectivity index (χ0) is 52.5. The Morgan fingerprint density at radius 1 is 0.278 bits per heavy atom. The van der Waals surface area contributed by atoms with Gasteiger partial charge in [0.25, 0.3) is 0 Å². The summed E-state index contributed by atoms with van der Waals surface area (Å²) < 4.78 is 12.3. The molecule has 0 aromatic heterocycles. The third kappa shape index (κ3) is 25.8. The van der Waals surface area contributed by atoms with Crippen molar-refractivity contribution in [3.63, 3.8) is 0 Å². The number of hydrogen-bond donors (Lipinski definition) is 0. The van der Waals surface area contributed by atoms with E-state index in [1.165, 1.54) is 199 Å². The monoisotopic (exact) mass is 1790 g/mol. The summed E-state index contributed by atoms with van der Waals surface area (Å²) in [4.78, 5) is 0. The summed E-state index contributed by atoms with van der Waals surface area (Å²) in [6.45, 7) is 23.0. The summed E-state index contributed by atoms with van der Waals surface area (Å²) in [5.74, 6) is 0. The maximum atomic E-state index is 3.07. The highest BCUT2D eigenvalue weighted by molar-refractivity contribution is 15.0. The zero-order valence-electron chi connectivity index (χ0n) is 45.9. The van der Waals surface area contributed by atoms with E-state index < -0.39 is 7.87 Å².